The number of allylic oxidation sites excluding steroid dienone is 1. The fraction of sp³-hybridized carbons (Fsp3) is 0.346. The Bertz CT molecular complexity index is 894. The largest absolute Gasteiger partial charge is 0.460 e. The van der Waals surface area contributed by atoms with E-state index in [1.807, 2.05) is 36.4 Å². The highest BCUT2D eigenvalue weighted by Gasteiger charge is 2.31. The van der Waals surface area contributed by atoms with Crippen LogP contribution in [0.1, 0.15) is 50.0 Å². The van der Waals surface area contributed by atoms with Gasteiger partial charge in [-0.15, -0.1) is 0 Å². The van der Waals surface area contributed by atoms with Gasteiger partial charge in [0.15, 0.2) is 5.78 Å². The third-order valence-corrected chi connectivity index (χ3v) is 4.61. The SMILES string of the molecule is C[C@@H](/C=C/C(=O)OCc1ccccc1)[C@H](CC(=O)c1ccccc1)C(=O)OC(C)(C)C. The lowest BCUT2D eigenvalue weighted by atomic mass is 9.87. The first-order valence-electron chi connectivity index (χ1n) is 10.4. The van der Waals surface area contributed by atoms with Crippen molar-refractivity contribution in [3.63, 3.8) is 0 Å². The first-order valence-corrected chi connectivity index (χ1v) is 10.4. The zero-order chi connectivity index (χ0) is 22.9. The minimum atomic E-state index is -0.717. The van der Waals surface area contributed by atoms with Crippen molar-refractivity contribution >= 4 is 17.7 Å². The van der Waals surface area contributed by atoms with Gasteiger partial charge in [-0.25, -0.2) is 4.79 Å². The highest BCUT2D eigenvalue weighted by Crippen LogP contribution is 2.24. The molecule has 0 aliphatic heterocycles. The first-order chi connectivity index (χ1) is 14.7. The van der Waals surface area contributed by atoms with Crippen molar-refractivity contribution < 1.29 is 23.9 Å². The predicted molar refractivity (Wildman–Crippen MR) is 119 cm³/mol. The third-order valence-electron chi connectivity index (χ3n) is 4.61. The van der Waals surface area contributed by atoms with E-state index in [9.17, 15) is 14.4 Å². The summed E-state index contributed by atoms with van der Waals surface area (Å²) in [5.74, 6) is -2.24. The molecule has 0 spiro atoms. The molecular weight excluding hydrogens is 392 g/mol. The van der Waals surface area contributed by atoms with E-state index >= 15 is 0 Å². The van der Waals surface area contributed by atoms with E-state index < -0.39 is 29.4 Å². The maximum absolute atomic E-state index is 12.8. The van der Waals surface area contributed by atoms with Gasteiger partial charge < -0.3 is 9.47 Å². The van der Waals surface area contributed by atoms with Gasteiger partial charge in [-0.1, -0.05) is 73.7 Å². The molecule has 2 rings (SSSR count). The lowest BCUT2D eigenvalue weighted by Gasteiger charge is -2.26. The number of ether oxygens (including phenoxy) is 2. The minimum Gasteiger partial charge on any atom is -0.460 e. The molecule has 0 aliphatic rings. The smallest absolute Gasteiger partial charge is 0.330 e. The van der Waals surface area contributed by atoms with Gasteiger partial charge in [0.25, 0.3) is 0 Å². The fourth-order valence-electron chi connectivity index (χ4n) is 2.94. The predicted octanol–water partition coefficient (Wildman–Crippen LogP) is 5.15. The highest BCUT2D eigenvalue weighted by atomic mass is 16.6. The van der Waals surface area contributed by atoms with Crippen LogP contribution in [0.15, 0.2) is 72.8 Å². The van der Waals surface area contributed by atoms with Gasteiger partial charge in [0.05, 0.1) is 5.92 Å². The molecule has 2 aromatic rings. The quantitative estimate of drug-likeness (QED) is 0.317. The van der Waals surface area contributed by atoms with Crippen molar-refractivity contribution in [1.29, 1.82) is 0 Å². The number of ketones is 1. The average molecular weight is 423 g/mol. The van der Waals surface area contributed by atoms with Crippen LogP contribution < -0.4 is 0 Å². The molecule has 0 aliphatic carbocycles. The van der Waals surface area contributed by atoms with Crippen LogP contribution in [0.2, 0.25) is 0 Å². The van der Waals surface area contributed by atoms with Crippen LogP contribution >= 0.6 is 0 Å². The Hall–Kier alpha value is -3.21. The maximum Gasteiger partial charge on any atom is 0.330 e. The Labute approximate surface area is 184 Å². The van der Waals surface area contributed by atoms with E-state index in [0.717, 1.165) is 5.56 Å². The lowest BCUT2D eigenvalue weighted by Crippen LogP contribution is -2.32. The molecule has 0 aromatic heterocycles. The van der Waals surface area contributed by atoms with E-state index in [1.165, 1.54) is 6.08 Å². The summed E-state index contributed by atoms with van der Waals surface area (Å²) in [5.41, 5.74) is 0.746. The van der Waals surface area contributed by atoms with E-state index in [-0.39, 0.29) is 18.8 Å². The second-order valence-corrected chi connectivity index (χ2v) is 8.44. The number of Topliss-reactive ketones (excluding diaryl/α,β-unsaturated/α-hetero) is 1. The molecule has 0 fully saturated rings. The lowest BCUT2D eigenvalue weighted by molar-refractivity contribution is -0.161. The average Bonchev–Trinajstić information content (AvgIpc) is 2.74. The molecule has 5 heteroatoms. The van der Waals surface area contributed by atoms with Gasteiger partial charge in [0.1, 0.15) is 12.2 Å². The van der Waals surface area contributed by atoms with Crippen molar-refractivity contribution in [2.45, 2.75) is 46.3 Å². The van der Waals surface area contributed by atoms with Crippen molar-refractivity contribution in [2.24, 2.45) is 11.8 Å². The molecule has 0 N–H and O–H groups in total. The molecule has 0 unspecified atom stereocenters. The number of rotatable bonds is 9. The number of esters is 2. The monoisotopic (exact) mass is 422 g/mol. The van der Waals surface area contributed by atoms with Crippen LogP contribution in [0.5, 0.6) is 0 Å². The summed E-state index contributed by atoms with van der Waals surface area (Å²) in [7, 11) is 0. The van der Waals surface area contributed by atoms with Gasteiger partial charge in [0.2, 0.25) is 0 Å². The Kier molecular flexibility index (Phi) is 8.74. The van der Waals surface area contributed by atoms with Gasteiger partial charge in [-0.3, -0.25) is 9.59 Å². The summed E-state index contributed by atoms with van der Waals surface area (Å²) in [6.45, 7) is 7.29. The van der Waals surface area contributed by atoms with E-state index in [2.05, 4.69) is 0 Å². The molecular formula is C26H30O5. The zero-order valence-corrected chi connectivity index (χ0v) is 18.5. The van der Waals surface area contributed by atoms with E-state index in [4.69, 9.17) is 9.47 Å². The highest BCUT2D eigenvalue weighted by molar-refractivity contribution is 5.98. The van der Waals surface area contributed by atoms with Crippen LogP contribution in [0, 0.1) is 11.8 Å². The number of hydrogen-bond acceptors (Lipinski definition) is 5. The summed E-state index contributed by atoms with van der Waals surface area (Å²) in [6.07, 6.45) is 2.89. The van der Waals surface area contributed by atoms with E-state index in [0.29, 0.717) is 5.56 Å². The van der Waals surface area contributed by atoms with Gasteiger partial charge in [-0.2, -0.15) is 0 Å². The molecule has 0 heterocycles. The Morgan fingerprint density at radius 1 is 0.935 bits per heavy atom. The molecule has 31 heavy (non-hydrogen) atoms. The van der Waals surface area contributed by atoms with Gasteiger partial charge in [0, 0.05) is 18.1 Å². The van der Waals surface area contributed by atoms with Crippen molar-refractivity contribution in [1.82, 2.24) is 0 Å². The van der Waals surface area contributed by atoms with E-state index in [1.54, 1.807) is 58.0 Å². The number of carbonyl (C=O) groups excluding carboxylic acids is 3. The summed E-state index contributed by atoms with van der Waals surface area (Å²) in [5, 5.41) is 0. The molecule has 2 atom stereocenters. The fourth-order valence-corrected chi connectivity index (χ4v) is 2.94. The third kappa shape index (κ3) is 8.59. The number of carbonyl (C=O) groups is 3. The van der Waals surface area contributed by atoms with Crippen LogP contribution in [-0.4, -0.2) is 23.3 Å². The summed E-state index contributed by atoms with van der Waals surface area (Å²) >= 11 is 0. The molecule has 0 saturated heterocycles. The molecule has 0 amide bonds. The Morgan fingerprint density at radius 3 is 2.10 bits per heavy atom. The molecule has 0 saturated carbocycles. The summed E-state index contributed by atoms with van der Waals surface area (Å²) < 4.78 is 10.8. The van der Waals surface area contributed by atoms with Gasteiger partial charge >= 0.3 is 11.9 Å². The Balaban J connectivity index is 2.06. The second kappa shape index (κ2) is 11.3. The van der Waals surface area contributed by atoms with Crippen molar-refractivity contribution in [3.8, 4) is 0 Å². The minimum absolute atomic E-state index is 0.0104. The van der Waals surface area contributed by atoms with Crippen LogP contribution in [0.25, 0.3) is 0 Å². The van der Waals surface area contributed by atoms with Crippen LogP contribution in [-0.2, 0) is 25.7 Å². The normalized spacial score (nSPS) is 13.4. The zero-order valence-electron chi connectivity index (χ0n) is 18.5. The maximum atomic E-state index is 12.8. The summed E-state index contributed by atoms with van der Waals surface area (Å²) in [4.78, 5) is 37.6. The topological polar surface area (TPSA) is 69.7 Å². The summed E-state index contributed by atoms with van der Waals surface area (Å²) in [6, 6.07) is 18.2. The molecule has 0 radical (unpaired) electrons. The molecule has 164 valence electrons. The van der Waals surface area contributed by atoms with Crippen LogP contribution in [0.3, 0.4) is 0 Å². The molecule has 2 aromatic carbocycles. The van der Waals surface area contributed by atoms with Crippen LogP contribution in [0.4, 0.5) is 0 Å². The number of benzene rings is 2. The first kappa shape index (κ1) is 24.1. The Morgan fingerprint density at radius 2 is 1.52 bits per heavy atom. The standard InChI is InChI=1S/C26H30O5/c1-19(15-16-24(28)30-18-20-11-7-5-8-12-20)22(25(29)31-26(2,3)4)17-23(27)21-13-9-6-10-14-21/h5-16,19,22H,17-18H2,1-4H3/b16-15+/t19-,22-/m0/s1. The molecule has 0 bridgehead atoms. The van der Waals surface area contributed by atoms with Crippen molar-refractivity contribution in [3.05, 3.63) is 83.9 Å². The molecule has 5 nitrogen and oxygen atoms in total. The second-order valence-electron chi connectivity index (χ2n) is 8.44. The number of hydrogen-bond donors (Lipinski definition) is 0. The van der Waals surface area contributed by atoms with Crippen molar-refractivity contribution in [2.75, 3.05) is 0 Å². The van der Waals surface area contributed by atoms with Gasteiger partial charge in [-0.05, 0) is 32.3 Å².